The van der Waals surface area contributed by atoms with Crippen molar-refractivity contribution in [2.24, 2.45) is 5.92 Å². The zero-order chi connectivity index (χ0) is 16.2. The minimum Gasteiger partial charge on any atom is -0.479 e. The van der Waals surface area contributed by atoms with E-state index in [0.717, 1.165) is 5.56 Å². The van der Waals surface area contributed by atoms with Crippen molar-refractivity contribution in [3.63, 3.8) is 0 Å². The summed E-state index contributed by atoms with van der Waals surface area (Å²) in [6, 6.07) is 9.38. The van der Waals surface area contributed by atoms with E-state index in [-0.39, 0.29) is 6.61 Å². The maximum Gasteiger partial charge on any atom is 0.411 e. The molecule has 1 N–H and O–H groups in total. The van der Waals surface area contributed by atoms with E-state index in [4.69, 9.17) is 4.74 Å². The third-order valence-electron chi connectivity index (χ3n) is 4.16. The zero-order valence-corrected chi connectivity index (χ0v) is 13.1. The van der Waals surface area contributed by atoms with Gasteiger partial charge in [0, 0.05) is 6.54 Å². The van der Waals surface area contributed by atoms with Crippen LogP contribution in [0.3, 0.4) is 0 Å². The second-order valence-corrected chi connectivity index (χ2v) is 6.04. The molecule has 1 aromatic carbocycles. The van der Waals surface area contributed by atoms with E-state index >= 15 is 0 Å². The second kappa shape index (κ2) is 6.81. The van der Waals surface area contributed by atoms with Gasteiger partial charge in [0.2, 0.25) is 0 Å². The summed E-state index contributed by atoms with van der Waals surface area (Å²) >= 11 is 0. The van der Waals surface area contributed by atoms with Crippen molar-refractivity contribution >= 4 is 12.1 Å². The van der Waals surface area contributed by atoms with E-state index in [9.17, 15) is 14.7 Å². The largest absolute Gasteiger partial charge is 0.479 e. The SMILES string of the molecule is CCCN(C(=O)OCc1ccccc1)C1(C(=O)O)CC(C)C1. The Morgan fingerprint density at radius 3 is 2.45 bits per heavy atom. The smallest absolute Gasteiger partial charge is 0.411 e. The van der Waals surface area contributed by atoms with Gasteiger partial charge in [0.1, 0.15) is 12.1 Å². The summed E-state index contributed by atoms with van der Waals surface area (Å²) < 4.78 is 5.33. The van der Waals surface area contributed by atoms with Gasteiger partial charge < -0.3 is 9.84 Å². The van der Waals surface area contributed by atoms with E-state index in [1.807, 2.05) is 44.2 Å². The topological polar surface area (TPSA) is 66.8 Å². The van der Waals surface area contributed by atoms with E-state index in [2.05, 4.69) is 0 Å². The van der Waals surface area contributed by atoms with Crippen molar-refractivity contribution in [1.29, 1.82) is 0 Å². The van der Waals surface area contributed by atoms with Gasteiger partial charge in [-0.05, 0) is 30.7 Å². The molecule has 0 heterocycles. The lowest BCUT2D eigenvalue weighted by molar-refractivity contribution is -0.160. The lowest BCUT2D eigenvalue weighted by Crippen LogP contribution is -2.64. The summed E-state index contributed by atoms with van der Waals surface area (Å²) in [5.74, 6) is -0.618. The predicted octanol–water partition coefficient (Wildman–Crippen LogP) is 3.29. The minimum absolute atomic E-state index is 0.158. The number of carboxylic acid groups (broad SMARTS) is 1. The number of nitrogens with zero attached hydrogens (tertiary/aromatic N) is 1. The van der Waals surface area contributed by atoms with Gasteiger partial charge >= 0.3 is 12.1 Å². The average molecular weight is 305 g/mol. The molecule has 0 aliphatic heterocycles. The molecule has 22 heavy (non-hydrogen) atoms. The summed E-state index contributed by atoms with van der Waals surface area (Å²) in [5.41, 5.74) is -0.206. The molecule has 1 aliphatic carbocycles. The molecule has 0 bridgehead atoms. The van der Waals surface area contributed by atoms with Crippen LogP contribution >= 0.6 is 0 Å². The Balaban J connectivity index is 2.06. The molecule has 1 aliphatic rings. The van der Waals surface area contributed by atoms with Gasteiger partial charge in [-0.1, -0.05) is 44.2 Å². The molecule has 0 radical (unpaired) electrons. The molecule has 0 aromatic heterocycles. The Morgan fingerprint density at radius 2 is 1.95 bits per heavy atom. The fourth-order valence-corrected chi connectivity index (χ4v) is 3.10. The van der Waals surface area contributed by atoms with Gasteiger partial charge in [-0.3, -0.25) is 4.90 Å². The van der Waals surface area contributed by atoms with Crippen molar-refractivity contribution < 1.29 is 19.4 Å². The van der Waals surface area contributed by atoms with E-state index in [1.54, 1.807) is 0 Å². The number of hydrogen-bond donors (Lipinski definition) is 1. The first-order valence-electron chi connectivity index (χ1n) is 7.71. The minimum atomic E-state index is -1.09. The third-order valence-corrected chi connectivity index (χ3v) is 4.16. The molecule has 5 nitrogen and oxygen atoms in total. The van der Waals surface area contributed by atoms with E-state index < -0.39 is 17.6 Å². The van der Waals surface area contributed by atoms with Crippen LogP contribution in [-0.4, -0.2) is 34.2 Å². The molecule has 0 saturated heterocycles. The number of aliphatic carboxylic acids is 1. The number of rotatable bonds is 6. The van der Waals surface area contributed by atoms with Gasteiger partial charge in [0.05, 0.1) is 0 Å². The first kappa shape index (κ1) is 16.3. The molecule has 2 rings (SSSR count). The molecule has 1 aromatic rings. The molecule has 1 saturated carbocycles. The molecule has 120 valence electrons. The van der Waals surface area contributed by atoms with Crippen LogP contribution in [0, 0.1) is 5.92 Å². The molecule has 1 amide bonds. The highest BCUT2D eigenvalue weighted by molar-refractivity contribution is 5.85. The number of ether oxygens (including phenoxy) is 1. The Morgan fingerprint density at radius 1 is 1.32 bits per heavy atom. The number of carbonyl (C=O) groups is 2. The number of benzene rings is 1. The van der Waals surface area contributed by atoms with Crippen LogP contribution in [0.2, 0.25) is 0 Å². The summed E-state index contributed by atoms with van der Waals surface area (Å²) in [6.45, 7) is 4.48. The monoisotopic (exact) mass is 305 g/mol. The summed E-state index contributed by atoms with van der Waals surface area (Å²) in [5, 5.41) is 9.58. The van der Waals surface area contributed by atoms with Crippen LogP contribution in [0.15, 0.2) is 30.3 Å². The summed E-state index contributed by atoms with van der Waals surface area (Å²) in [6.07, 6.45) is 1.13. The van der Waals surface area contributed by atoms with Gasteiger partial charge in [0.25, 0.3) is 0 Å². The standard InChI is InChI=1S/C17H23NO4/c1-3-9-18(17(15(19)20)10-13(2)11-17)16(21)22-12-14-7-5-4-6-8-14/h4-8,13H,3,9-12H2,1-2H3,(H,19,20). The third kappa shape index (κ3) is 3.24. The second-order valence-electron chi connectivity index (χ2n) is 6.04. The predicted molar refractivity (Wildman–Crippen MR) is 82.4 cm³/mol. The van der Waals surface area contributed by atoms with Crippen LogP contribution in [0.25, 0.3) is 0 Å². The Bertz CT molecular complexity index is 523. The average Bonchev–Trinajstić information content (AvgIpc) is 2.48. The molecular formula is C17H23NO4. The maximum atomic E-state index is 12.4. The number of amides is 1. The van der Waals surface area contributed by atoms with Crippen LogP contribution < -0.4 is 0 Å². The fourth-order valence-electron chi connectivity index (χ4n) is 3.10. The highest BCUT2D eigenvalue weighted by Gasteiger charge is 2.55. The van der Waals surface area contributed by atoms with Gasteiger partial charge in [-0.25, -0.2) is 9.59 Å². The Labute approximate surface area is 130 Å². The number of hydrogen-bond acceptors (Lipinski definition) is 3. The van der Waals surface area contributed by atoms with Gasteiger partial charge in [-0.2, -0.15) is 0 Å². The van der Waals surface area contributed by atoms with Crippen molar-refractivity contribution in [2.75, 3.05) is 6.54 Å². The van der Waals surface area contributed by atoms with E-state index in [1.165, 1.54) is 4.90 Å². The Kier molecular flexibility index (Phi) is 5.06. The lowest BCUT2D eigenvalue weighted by atomic mass is 9.68. The highest BCUT2D eigenvalue weighted by atomic mass is 16.6. The normalized spacial score (nSPS) is 23.5. The number of carbonyl (C=O) groups excluding carboxylic acids is 1. The first-order chi connectivity index (χ1) is 10.5. The van der Waals surface area contributed by atoms with Crippen LogP contribution in [0.5, 0.6) is 0 Å². The molecule has 0 spiro atoms. The van der Waals surface area contributed by atoms with E-state index in [0.29, 0.717) is 31.7 Å². The van der Waals surface area contributed by atoms with Crippen LogP contribution in [-0.2, 0) is 16.1 Å². The Hall–Kier alpha value is -2.04. The first-order valence-corrected chi connectivity index (χ1v) is 7.71. The zero-order valence-electron chi connectivity index (χ0n) is 13.1. The fraction of sp³-hybridized carbons (Fsp3) is 0.529. The van der Waals surface area contributed by atoms with Gasteiger partial charge in [-0.15, -0.1) is 0 Å². The van der Waals surface area contributed by atoms with Gasteiger partial charge in [0.15, 0.2) is 0 Å². The molecular weight excluding hydrogens is 282 g/mol. The maximum absolute atomic E-state index is 12.4. The van der Waals surface area contributed by atoms with Crippen LogP contribution in [0.1, 0.15) is 38.7 Å². The van der Waals surface area contributed by atoms with Crippen molar-refractivity contribution in [2.45, 2.75) is 45.3 Å². The van der Waals surface area contributed by atoms with Crippen molar-refractivity contribution in [3.05, 3.63) is 35.9 Å². The summed E-state index contributed by atoms with van der Waals surface area (Å²) in [7, 11) is 0. The quantitative estimate of drug-likeness (QED) is 0.875. The van der Waals surface area contributed by atoms with Crippen LogP contribution in [0.4, 0.5) is 4.79 Å². The summed E-state index contributed by atoms with van der Waals surface area (Å²) in [4.78, 5) is 25.5. The lowest BCUT2D eigenvalue weighted by Gasteiger charge is -2.49. The van der Waals surface area contributed by atoms with Crippen molar-refractivity contribution in [3.8, 4) is 0 Å². The molecule has 0 atom stereocenters. The molecule has 5 heteroatoms. The molecule has 1 fully saturated rings. The number of carboxylic acids is 1. The highest BCUT2D eigenvalue weighted by Crippen LogP contribution is 2.43. The van der Waals surface area contributed by atoms with Crippen molar-refractivity contribution in [1.82, 2.24) is 4.90 Å². The molecule has 0 unspecified atom stereocenters.